The molecule has 0 fully saturated rings. The Labute approximate surface area is 158 Å². The van der Waals surface area contributed by atoms with E-state index < -0.39 is 23.6 Å². The summed E-state index contributed by atoms with van der Waals surface area (Å²) in [4.78, 5) is 26.3. The minimum atomic E-state index is -1.04. The number of ether oxygens (including phenoxy) is 2. The normalized spacial score (nSPS) is 13.0. The Balaban J connectivity index is 2.23. The summed E-state index contributed by atoms with van der Waals surface area (Å²) in [5.41, 5.74) is 6.74. The van der Waals surface area contributed by atoms with E-state index >= 15 is 0 Å². The van der Waals surface area contributed by atoms with Crippen LogP contribution in [0, 0.1) is 5.92 Å². The number of carbonyl (C=O) groups is 2. The number of aromatic nitrogens is 1. The molecule has 1 aromatic heterocycles. The van der Waals surface area contributed by atoms with Gasteiger partial charge in [0.05, 0.1) is 12.6 Å². The fourth-order valence-electron chi connectivity index (χ4n) is 3.13. The van der Waals surface area contributed by atoms with E-state index in [-0.39, 0.29) is 5.69 Å². The number of aromatic amines is 1. The van der Waals surface area contributed by atoms with Crippen LogP contribution in [0.1, 0.15) is 50.2 Å². The molecule has 0 unspecified atom stereocenters. The zero-order valence-corrected chi connectivity index (χ0v) is 16.5. The second-order valence-electron chi connectivity index (χ2n) is 7.84. The molecule has 0 aliphatic heterocycles. The first-order valence-electron chi connectivity index (χ1n) is 8.93. The summed E-state index contributed by atoms with van der Waals surface area (Å²) in [6, 6.07) is 4.55. The van der Waals surface area contributed by atoms with Gasteiger partial charge in [-0.05, 0) is 49.9 Å². The largest absolute Gasteiger partial charge is 0.496 e. The number of carboxylic acids is 1. The fraction of sp³-hybridized carbons (Fsp3) is 0.500. The first kappa shape index (κ1) is 20.8. The van der Waals surface area contributed by atoms with Crippen molar-refractivity contribution in [2.75, 3.05) is 7.11 Å². The molecular weight excluding hydrogens is 348 g/mol. The molecule has 2 aromatic rings. The highest BCUT2D eigenvalue weighted by Gasteiger charge is 2.27. The highest BCUT2D eigenvalue weighted by atomic mass is 16.6. The van der Waals surface area contributed by atoms with E-state index in [1.807, 2.05) is 39.8 Å². The molecule has 4 N–H and O–H groups in total. The number of carboxylic acid groups (broad SMARTS) is 1. The predicted octanol–water partition coefficient (Wildman–Crippen LogP) is 3.11. The fourth-order valence-corrected chi connectivity index (χ4v) is 3.13. The summed E-state index contributed by atoms with van der Waals surface area (Å²) in [6.45, 7) is 7.64. The maximum Gasteiger partial charge on any atom is 0.352 e. The first-order chi connectivity index (χ1) is 12.5. The van der Waals surface area contributed by atoms with Crippen LogP contribution in [0.2, 0.25) is 0 Å². The summed E-state index contributed by atoms with van der Waals surface area (Å²) in [5.74, 6) is -0.596. The quantitative estimate of drug-likeness (QED) is 0.610. The van der Waals surface area contributed by atoms with Gasteiger partial charge >= 0.3 is 11.9 Å². The second-order valence-corrected chi connectivity index (χ2v) is 7.84. The summed E-state index contributed by atoms with van der Waals surface area (Å²) < 4.78 is 11.0. The number of methoxy groups -OCH3 is 1. The van der Waals surface area contributed by atoms with E-state index in [9.17, 15) is 14.7 Å². The van der Waals surface area contributed by atoms with Crippen LogP contribution in [0.5, 0.6) is 5.75 Å². The van der Waals surface area contributed by atoms with Crippen LogP contribution in [0.25, 0.3) is 10.9 Å². The molecule has 0 aliphatic rings. The predicted molar refractivity (Wildman–Crippen MR) is 103 cm³/mol. The monoisotopic (exact) mass is 376 g/mol. The van der Waals surface area contributed by atoms with Crippen LogP contribution < -0.4 is 10.5 Å². The van der Waals surface area contributed by atoms with E-state index in [1.54, 1.807) is 0 Å². The standard InChI is InChI=1S/C20H28N2O5/c1-11(2)6-14(21)19(25)27-20(3,4)10-12-7-15-13(17(8-12)26-5)9-16(22-15)18(23)24/h7-9,11,14,22H,6,10,21H2,1-5H3,(H,23,24)/t14-/m0/s1. The van der Waals surface area contributed by atoms with Crippen LogP contribution in [0.15, 0.2) is 18.2 Å². The van der Waals surface area contributed by atoms with Crippen molar-refractivity contribution in [1.82, 2.24) is 4.98 Å². The van der Waals surface area contributed by atoms with Crippen molar-refractivity contribution in [3.8, 4) is 5.75 Å². The van der Waals surface area contributed by atoms with Crippen molar-refractivity contribution in [2.24, 2.45) is 11.7 Å². The third kappa shape index (κ3) is 5.23. The van der Waals surface area contributed by atoms with Gasteiger partial charge in [-0.25, -0.2) is 4.79 Å². The van der Waals surface area contributed by atoms with Gasteiger partial charge in [0.2, 0.25) is 0 Å². The number of benzene rings is 1. The lowest BCUT2D eigenvalue weighted by Gasteiger charge is -2.27. The maximum absolute atomic E-state index is 12.3. The second kappa shape index (κ2) is 8.00. The molecule has 2 rings (SSSR count). The van der Waals surface area contributed by atoms with Gasteiger partial charge in [0, 0.05) is 11.8 Å². The zero-order chi connectivity index (χ0) is 20.4. The van der Waals surface area contributed by atoms with E-state index in [2.05, 4.69) is 4.98 Å². The number of hydrogen-bond donors (Lipinski definition) is 3. The molecule has 1 aromatic carbocycles. The summed E-state index contributed by atoms with van der Waals surface area (Å²) in [6.07, 6.45) is 0.996. The van der Waals surface area contributed by atoms with Crippen LogP contribution >= 0.6 is 0 Å². The molecule has 1 heterocycles. The van der Waals surface area contributed by atoms with Crippen LogP contribution in [-0.2, 0) is 16.0 Å². The lowest BCUT2D eigenvalue weighted by Crippen LogP contribution is -2.40. The number of aromatic carboxylic acids is 1. The molecule has 0 saturated carbocycles. The topological polar surface area (TPSA) is 115 Å². The molecule has 0 radical (unpaired) electrons. The van der Waals surface area contributed by atoms with Gasteiger partial charge in [-0.15, -0.1) is 0 Å². The number of rotatable bonds is 8. The van der Waals surface area contributed by atoms with Crippen molar-refractivity contribution in [2.45, 2.75) is 52.2 Å². The van der Waals surface area contributed by atoms with Gasteiger partial charge in [-0.2, -0.15) is 0 Å². The zero-order valence-electron chi connectivity index (χ0n) is 16.5. The average molecular weight is 376 g/mol. The van der Waals surface area contributed by atoms with Gasteiger partial charge in [0.25, 0.3) is 0 Å². The summed E-state index contributed by atoms with van der Waals surface area (Å²) >= 11 is 0. The van der Waals surface area contributed by atoms with E-state index in [0.29, 0.717) is 35.4 Å². The van der Waals surface area contributed by atoms with Gasteiger partial charge in [0.1, 0.15) is 23.1 Å². The lowest BCUT2D eigenvalue weighted by molar-refractivity contribution is -0.158. The third-order valence-corrected chi connectivity index (χ3v) is 4.25. The molecule has 0 saturated heterocycles. The molecule has 27 heavy (non-hydrogen) atoms. The summed E-state index contributed by atoms with van der Waals surface area (Å²) in [7, 11) is 1.53. The Bertz CT molecular complexity index is 838. The van der Waals surface area contributed by atoms with Crippen molar-refractivity contribution in [3.63, 3.8) is 0 Å². The lowest BCUT2D eigenvalue weighted by atomic mass is 9.96. The molecule has 148 valence electrons. The van der Waals surface area contributed by atoms with Crippen molar-refractivity contribution < 1.29 is 24.2 Å². The number of fused-ring (bicyclic) bond motifs is 1. The Morgan fingerprint density at radius 3 is 2.48 bits per heavy atom. The van der Waals surface area contributed by atoms with Crippen LogP contribution in [0.4, 0.5) is 0 Å². The number of hydrogen-bond acceptors (Lipinski definition) is 5. The van der Waals surface area contributed by atoms with E-state index in [0.717, 1.165) is 5.56 Å². The highest BCUT2D eigenvalue weighted by Crippen LogP contribution is 2.30. The molecule has 7 nitrogen and oxygen atoms in total. The number of H-pyrrole nitrogens is 1. The number of esters is 1. The molecular formula is C20H28N2O5. The van der Waals surface area contributed by atoms with E-state index in [1.165, 1.54) is 13.2 Å². The Morgan fingerprint density at radius 1 is 1.26 bits per heavy atom. The SMILES string of the molecule is COc1cc(CC(C)(C)OC(=O)[C@@H](N)CC(C)C)cc2[nH]c(C(=O)O)cc12. The minimum absolute atomic E-state index is 0.0887. The molecule has 0 amide bonds. The molecule has 7 heteroatoms. The van der Waals surface area contributed by atoms with E-state index in [4.69, 9.17) is 15.2 Å². The van der Waals surface area contributed by atoms with Crippen LogP contribution in [0.3, 0.4) is 0 Å². The highest BCUT2D eigenvalue weighted by molar-refractivity contribution is 5.96. The number of carbonyl (C=O) groups excluding carboxylic acids is 1. The Morgan fingerprint density at radius 2 is 1.93 bits per heavy atom. The van der Waals surface area contributed by atoms with Gasteiger partial charge in [-0.3, -0.25) is 4.79 Å². The Hall–Kier alpha value is -2.54. The van der Waals surface area contributed by atoms with Crippen molar-refractivity contribution >= 4 is 22.8 Å². The van der Waals surface area contributed by atoms with Gasteiger partial charge in [0.15, 0.2) is 0 Å². The third-order valence-electron chi connectivity index (χ3n) is 4.25. The molecule has 1 atom stereocenters. The van der Waals surface area contributed by atoms with Crippen LogP contribution in [-0.4, -0.2) is 40.8 Å². The van der Waals surface area contributed by atoms with Gasteiger partial charge < -0.3 is 25.3 Å². The maximum atomic E-state index is 12.3. The Kier molecular flexibility index (Phi) is 6.15. The number of nitrogens with two attached hydrogens (primary N) is 1. The molecule has 0 bridgehead atoms. The minimum Gasteiger partial charge on any atom is -0.496 e. The van der Waals surface area contributed by atoms with Crippen molar-refractivity contribution in [3.05, 3.63) is 29.5 Å². The number of nitrogens with one attached hydrogen (secondary N) is 1. The smallest absolute Gasteiger partial charge is 0.352 e. The molecule has 0 aliphatic carbocycles. The van der Waals surface area contributed by atoms with Gasteiger partial charge in [-0.1, -0.05) is 13.8 Å². The molecule has 0 spiro atoms. The first-order valence-corrected chi connectivity index (χ1v) is 8.93. The average Bonchev–Trinajstić information content (AvgIpc) is 2.96. The van der Waals surface area contributed by atoms with Crippen molar-refractivity contribution in [1.29, 1.82) is 0 Å². The summed E-state index contributed by atoms with van der Waals surface area (Å²) in [5, 5.41) is 9.86.